The Morgan fingerprint density at radius 3 is 1.26 bits per heavy atom. The molecule has 0 aliphatic carbocycles. The molecular weight excluding hydrogens is 540 g/mol. The van der Waals surface area contributed by atoms with Gasteiger partial charge < -0.3 is 20.4 Å². The largest absolute Gasteiger partial charge is 0.334 e. The number of para-hydroxylation sites is 2. The van der Waals surface area contributed by atoms with E-state index in [2.05, 4.69) is 23.8 Å². The monoisotopic (exact) mass is 580 g/mol. The first-order valence-electron chi connectivity index (χ1n) is 15.6. The summed E-state index contributed by atoms with van der Waals surface area (Å²) in [7, 11) is 0. The molecule has 0 aromatic heterocycles. The second-order valence-corrected chi connectivity index (χ2v) is 12.4. The van der Waals surface area contributed by atoms with Crippen molar-refractivity contribution in [1.82, 2.24) is 10.6 Å². The number of hydrogen-bond acceptors (Lipinski definition) is 4. The molecule has 0 bridgehead atoms. The van der Waals surface area contributed by atoms with Crippen molar-refractivity contribution < 1.29 is 19.2 Å². The predicted molar refractivity (Wildman–Crippen MR) is 166 cm³/mol. The van der Waals surface area contributed by atoms with E-state index in [1.54, 1.807) is 0 Å². The van der Waals surface area contributed by atoms with Crippen LogP contribution in [0.4, 0.5) is 11.4 Å². The van der Waals surface area contributed by atoms with Gasteiger partial charge >= 0.3 is 0 Å². The lowest BCUT2D eigenvalue weighted by Gasteiger charge is -2.23. The molecule has 2 saturated heterocycles. The Hall–Kier alpha value is -4.20. The number of rotatable bonds is 12. The maximum atomic E-state index is 13.5. The minimum Gasteiger partial charge on any atom is -0.334 e. The summed E-state index contributed by atoms with van der Waals surface area (Å²) in [6, 6.07) is 15.5. The third kappa shape index (κ3) is 4.86. The first kappa shape index (κ1) is 28.9. The molecule has 4 aliphatic heterocycles. The third-order valence-corrected chi connectivity index (χ3v) is 9.55. The summed E-state index contributed by atoms with van der Waals surface area (Å²) in [5, 5.41) is 5.85. The van der Waals surface area contributed by atoms with E-state index in [1.165, 1.54) is 6.42 Å². The Balaban J connectivity index is 0.887. The fraction of sp³-hybridized carbons (Fsp3) is 0.429. The van der Waals surface area contributed by atoms with E-state index in [1.807, 2.05) is 58.3 Å². The van der Waals surface area contributed by atoms with Gasteiger partial charge in [0.05, 0.1) is 0 Å². The fourth-order valence-corrected chi connectivity index (χ4v) is 7.31. The van der Waals surface area contributed by atoms with Crippen molar-refractivity contribution in [3.8, 4) is 0 Å². The molecule has 8 nitrogen and oxygen atoms in total. The van der Waals surface area contributed by atoms with Crippen molar-refractivity contribution in [2.45, 2.75) is 81.7 Å². The molecule has 224 valence electrons. The number of anilines is 2. The van der Waals surface area contributed by atoms with Crippen LogP contribution in [0.1, 0.15) is 81.8 Å². The summed E-state index contributed by atoms with van der Waals surface area (Å²) in [5.41, 5.74) is 2.49. The van der Waals surface area contributed by atoms with E-state index in [0.717, 1.165) is 73.9 Å². The molecule has 8 heteroatoms. The highest BCUT2D eigenvalue weighted by atomic mass is 16.2. The van der Waals surface area contributed by atoms with Crippen LogP contribution >= 0.6 is 0 Å². The SMILES string of the molecule is C=C1CC2(NC1=O)C(=O)N(CCCCCCCCCCCN1C(=O)C3(CC(=C)C(=O)N3)c3ccccc31)c1ccccc12. The van der Waals surface area contributed by atoms with Crippen molar-refractivity contribution >= 4 is 35.0 Å². The highest BCUT2D eigenvalue weighted by Crippen LogP contribution is 2.47. The van der Waals surface area contributed by atoms with Gasteiger partial charge in [-0.1, -0.05) is 94.5 Å². The maximum absolute atomic E-state index is 13.5. The van der Waals surface area contributed by atoms with Crippen LogP contribution in [0.5, 0.6) is 0 Å². The van der Waals surface area contributed by atoms with Gasteiger partial charge in [-0.2, -0.15) is 0 Å². The number of amides is 4. The van der Waals surface area contributed by atoms with E-state index in [4.69, 9.17) is 0 Å². The van der Waals surface area contributed by atoms with Crippen LogP contribution in [-0.2, 0) is 30.3 Å². The Morgan fingerprint density at radius 1 is 0.558 bits per heavy atom. The molecule has 2 fully saturated rings. The van der Waals surface area contributed by atoms with Crippen LogP contribution in [0.2, 0.25) is 0 Å². The predicted octanol–water partition coefficient (Wildman–Crippen LogP) is 5.13. The van der Waals surface area contributed by atoms with Crippen LogP contribution in [0.25, 0.3) is 0 Å². The smallest absolute Gasteiger partial charge is 0.257 e. The summed E-state index contributed by atoms with van der Waals surface area (Å²) in [5.74, 6) is -0.570. The lowest BCUT2D eigenvalue weighted by molar-refractivity contribution is -0.127. The molecule has 43 heavy (non-hydrogen) atoms. The molecule has 4 aliphatic rings. The summed E-state index contributed by atoms with van der Waals surface area (Å²) >= 11 is 0. The molecule has 4 amide bonds. The van der Waals surface area contributed by atoms with Gasteiger partial charge in [-0.15, -0.1) is 0 Å². The normalized spacial score (nSPS) is 24.0. The van der Waals surface area contributed by atoms with Gasteiger partial charge in [-0.25, -0.2) is 0 Å². The van der Waals surface area contributed by atoms with Crippen LogP contribution in [0, 0.1) is 0 Å². The molecular formula is C35H40N4O4. The zero-order chi connectivity index (χ0) is 30.2. The topological polar surface area (TPSA) is 98.8 Å². The number of hydrogen-bond donors (Lipinski definition) is 2. The van der Waals surface area contributed by atoms with Crippen LogP contribution in [0.15, 0.2) is 72.8 Å². The van der Waals surface area contributed by atoms with Crippen molar-refractivity contribution in [1.29, 1.82) is 0 Å². The molecule has 2 spiro atoms. The zero-order valence-corrected chi connectivity index (χ0v) is 24.8. The highest BCUT2D eigenvalue weighted by molar-refractivity contribution is 6.14. The summed E-state index contributed by atoms with van der Waals surface area (Å²) in [4.78, 5) is 55.0. The van der Waals surface area contributed by atoms with Crippen LogP contribution in [-0.4, -0.2) is 36.7 Å². The molecule has 2 aromatic carbocycles. The number of unbranched alkanes of at least 4 members (excludes halogenated alkanes) is 8. The molecule has 2 atom stereocenters. The average Bonchev–Trinajstić information content (AvgIpc) is 3.63. The first-order chi connectivity index (χ1) is 20.8. The fourth-order valence-electron chi connectivity index (χ4n) is 7.31. The lowest BCUT2D eigenvalue weighted by Crippen LogP contribution is -2.48. The summed E-state index contributed by atoms with van der Waals surface area (Å²) in [6.45, 7) is 9.00. The third-order valence-electron chi connectivity index (χ3n) is 9.55. The standard InChI is InChI=1S/C35H40N4O4/c1-24-22-34(36-30(24)40)26-16-10-12-18-28(26)38(32(34)42)20-14-8-6-4-3-5-7-9-15-21-39-29-19-13-11-17-27(29)35(33(39)43)23-25(2)31(41)37-35/h10-13,16-19H,1-9,14-15,20-23H2,(H,36,40)(H,37,41). The Bertz CT molecular complexity index is 1370. The van der Waals surface area contributed by atoms with Crippen molar-refractivity contribution in [3.05, 3.63) is 84.0 Å². The summed E-state index contributed by atoms with van der Waals surface area (Å²) < 4.78 is 0. The van der Waals surface area contributed by atoms with E-state index in [0.29, 0.717) is 37.1 Å². The number of benzene rings is 2. The van der Waals surface area contributed by atoms with Gasteiger partial charge in [0.1, 0.15) is 0 Å². The number of carbonyl (C=O) groups is 4. The van der Waals surface area contributed by atoms with Crippen molar-refractivity contribution in [2.24, 2.45) is 0 Å². The molecule has 6 rings (SSSR count). The number of carbonyl (C=O) groups excluding carboxylic acids is 4. The Labute approximate surface area is 253 Å². The molecule has 2 aromatic rings. The summed E-state index contributed by atoms with van der Waals surface area (Å²) in [6.07, 6.45) is 10.4. The second kappa shape index (κ2) is 11.5. The molecule has 2 unspecified atom stereocenters. The van der Waals surface area contributed by atoms with Gasteiger partial charge in [0.15, 0.2) is 11.1 Å². The molecule has 0 saturated carbocycles. The highest BCUT2D eigenvalue weighted by Gasteiger charge is 2.56. The van der Waals surface area contributed by atoms with Gasteiger partial charge in [0.2, 0.25) is 11.8 Å². The van der Waals surface area contributed by atoms with Gasteiger partial charge in [-0.3, -0.25) is 19.2 Å². The van der Waals surface area contributed by atoms with E-state index in [9.17, 15) is 19.2 Å². The molecule has 0 radical (unpaired) electrons. The average molecular weight is 581 g/mol. The quantitative estimate of drug-likeness (QED) is 0.269. The molecule has 4 heterocycles. The van der Waals surface area contributed by atoms with Gasteiger partial charge in [-0.05, 0) is 25.0 Å². The van der Waals surface area contributed by atoms with E-state index >= 15 is 0 Å². The number of fused-ring (bicyclic) bond motifs is 4. The minimum atomic E-state index is -0.987. The number of nitrogens with one attached hydrogen (secondary N) is 2. The molecule has 2 N–H and O–H groups in total. The van der Waals surface area contributed by atoms with E-state index in [-0.39, 0.29) is 23.6 Å². The van der Waals surface area contributed by atoms with E-state index < -0.39 is 11.1 Å². The number of nitrogens with zero attached hydrogens (tertiary/aromatic N) is 2. The maximum Gasteiger partial charge on any atom is 0.257 e. The van der Waals surface area contributed by atoms with Crippen LogP contribution < -0.4 is 20.4 Å². The Morgan fingerprint density at radius 2 is 0.907 bits per heavy atom. The van der Waals surface area contributed by atoms with Crippen LogP contribution in [0.3, 0.4) is 0 Å². The minimum absolute atomic E-state index is 0.0477. The van der Waals surface area contributed by atoms with Gasteiger partial charge in [0.25, 0.3) is 11.8 Å². The Kier molecular flexibility index (Phi) is 7.71. The second-order valence-electron chi connectivity index (χ2n) is 12.4. The van der Waals surface area contributed by atoms with Gasteiger partial charge in [0, 0.05) is 59.6 Å². The lowest BCUT2D eigenvalue weighted by atomic mass is 9.89. The van der Waals surface area contributed by atoms with Crippen molar-refractivity contribution in [2.75, 3.05) is 22.9 Å². The zero-order valence-electron chi connectivity index (χ0n) is 24.8. The first-order valence-corrected chi connectivity index (χ1v) is 15.6. The van der Waals surface area contributed by atoms with Crippen molar-refractivity contribution in [3.63, 3.8) is 0 Å².